The van der Waals surface area contributed by atoms with E-state index in [0.29, 0.717) is 30.8 Å². The number of hydrogen-bond acceptors (Lipinski definition) is 6. The molecular weight excluding hydrogens is 513 g/mol. The monoisotopic (exact) mass is 579 g/mol. The molecular formula is C31H66NO6P. The molecule has 0 fully saturated rings. The van der Waals surface area contributed by atoms with E-state index in [1.54, 1.807) is 0 Å². The largest absolute Gasteiger partial charge is 0.756 e. The maximum absolute atomic E-state index is 12.1. The first kappa shape index (κ1) is 39.0. The van der Waals surface area contributed by atoms with Crippen LogP contribution >= 0.6 is 7.82 Å². The Kier molecular flexibility index (Phi) is 26.9. The minimum absolute atomic E-state index is 0.0732. The molecule has 8 heteroatoms. The van der Waals surface area contributed by atoms with Gasteiger partial charge in [0.25, 0.3) is 7.82 Å². The van der Waals surface area contributed by atoms with Crippen molar-refractivity contribution in [2.24, 2.45) is 0 Å². The molecule has 0 spiro atoms. The molecule has 0 aromatic heterocycles. The molecule has 0 aliphatic carbocycles. The van der Waals surface area contributed by atoms with Crippen LogP contribution in [0.25, 0.3) is 0 Å². The second-order valence-corrected chi connectivity index (χ2v) is 13.6. The lowest BCUT2D eigenvalue weighted by Gasteiger charge is -2.28. The maximum Gasteiger partial charge on any atom is 0.268 e. The first-order valence-corrected chi connectivity index (χ1v) is 17.8. The van der Waals surface area contributed by atoms with Gasteiger partial charge >= 0.3 is 0 Å². The average molecular weight is 580 g/mol. The third-order valence-electron chi connectivity index (χ3n) is 6.98. The Morgan fingerprint density at radius 3 is 1.51 bits per heavy atom. The van der Waals surface area contributed by atoms with E-state index >= 15 is 0 Å². The predicted molar refractivity (Wildman–Crippen MR) is 162 cm³/mol. The number of hydrogen-bond donors (Lipinski definition) is 0. The molecule has 0 amide bonds. The highest BCUT2D eigenvalue weighted by Crippen LogP contribution is 2.38. The summed E-state index contributed by atoms with van der Waals surface area (Å²) in [6.45, 7) is 6.61. The number of nitrogens with zero attached hydrogens (tertiary/aromatic N) is 1. The van der Waals surface area contributed by atoms with E-state index in [-0.39, 0.29) is 13.2 Å². The Morgan fingerprint density at radius 2 is 1.03 bits per heavy atom. The number of phosphoric acid groups is 1. The van der Waals surface area contributed by atoms with E-state index in [1.807, 2.05) is 21.1 Å². The highest BCUT2D eigenvalue weighted by Gasteiger charge is 2.17. The van der Waals surface area contributed by atoms with Crippen LogP contribution in [0.1, 0.15) is 136 Å². The summed E-state index contributed by atoms with van der Waals surface area (Å²) < 4.78 is 34.5. The Bertz CT molecular complexity index is 558. The van der Waals surface area contributed by atoms with Crippen LogP contribution in [0.3, 0.4) is 0 Å². The van der Waals surface area contributed by atoms with Gasteiger partial charge in [0, 0.05) is 13.2 Å². The van der Waals surface area contributed by atoms with Crippen molar-refractivity contribution in [3.8, 4) is 0 Å². The van der Waals surface area contributed by atoms with Crippen molar-refractivity contribution in [1.29, 1.82) is 0 Å². The van der Waals surface area contributed by atoms with Crippen molar-refractivity contribution >= 4 is 7.82 Å². The fraction of sp³-hybridized carbons (Fsp3) is 1.00. The molecule has 0 heterocycles. The van der Waals surface area contributed by atoms with E-state index in [4.69, 9.17) is 18.5 Å². The van der Waals surface area contributed by atoms with Crippen LogP contribution in [0.15, 0.2) is 0 Å². The molecule has 0 aliphatic rings. The standard InChI is InChI=1S/C31H66NO6P/c1-6-8-10-11-12-13-14-15-16-17-18-19-20-21-22-24-26-35-29-31(36-27-23-9-7-2)30-38-39(33,34)37-28-25-32(3,4)5/h31H,6-30H2,1-5H3/t31-/m1/s1. The third kappa shape index (κ3) is 30.8. The number of ether oxygens (including phenoxy) is 2. The first-order valence-electron chi connectivity index (χ1n) is 16.3. The van der Waals surface area contributed by atoms with Crippen molar-refractivity contribution in [3.05, 3.63) is 0 Å². The van der Waals surface area contributed by atoms with Crippen molar-refractivity contribution < 1.29 is 32.5 Å². The predicted octanol–water partition coefficient (Wildman–Crippen LogP) is 8.05. The van der Waals surface area contributed by atoms with Crippen LogP contribution in [-0.2, 0) is 23.1 Å². The lowest BCUT2D eigenvalue weighted by molar-refractivity contribution is -0.870. The first-order chi connectivity index (χ1) is 18.7. The summed E-state index contributed by atoms with van der Waals surface area (Å²) in [5.41, 5.74) is 0. The highest BCUT2D eigenvalue weighted by atomic mass is 31.2. The fourth-order valence-electron chi connectivity index (χ4n) is 4.35. The number of phosphoric ester groups is 1. The summed E-state index contributed by atoms with van der Waals surface area (Å²) in [5.74, 6) is 0. The van der Waals surface area contributed by atoms with Crippen LogP contribution in [0, 0.1) is 0 Å². The van der Waals surface area contributed by atoms with Crippen molar-refractivity contribution in [3.63, 3.8) is 0 Å². The van der Waals surface area contributed by atoms with Gasteiger partial charge in [-0.3, -0.25) is 4.57 Å². The van der Waals surface area contributed by atoms with Gasteiger partial charge in [-0.25, -0.2) is 0 Å². The molecule has 0 aliphatic heterocycles. The molecule has 39 heavy (non-hydrogen) atoms. The third-order valence-corrected chi connectivity index (χ3v) is 7.94. The van der Waals surface area contributed by atoms with E-state index in [0.717, 1.165) is 25.7 Å². The molecule has 0 saturated heterocycles. The van der Waals surface area contributed by atoms with Crippen LogP contribution < -0.4 is 4.89 Å². The number of unbranched alkanes of at least 4 members (excludes halogenated alkanes) is 17. The number of rotatable bonds is 31. The van der Waals surface area contributed by atoms with Crippen molar-refractivity contribution in [2.45, 2.75) is 142 Å². The summed E-state index contributed by atoms with van der Waals surface area (Å²) in [7, 11) is 1.60. The summed E-state index contributed by atoms with van der Waals surface area (Å²) in [4.78, 5) is 12.1. The number of likely N-dealkylation sites (N-methyl/N-ethyl adjacent to an activating group) is 1. The molecule has 0 N–H and O–H groups in total. The fourth-order valence-corrected chi connectivity index (χ4v) is 5.08. The Balaban J connectivity index is 3.83. The maximum atomic E-state index is 12.1. The smallest absolute Gasteiger partial charge is 0.268 e. The highest BCUT2D eigenvalue weighted by molar-refractivity contribution is 7.45. The topological polar surface area (TPSA) is 77.1 Å². The second-order valence-electron chi connectivity index (χ2n) is 12.2. The second kappa shape index (κ2) is 26.9. The Hall–Kier alpha value is -0.0100. The minimum atomic E-state index is -4.35. The van der Waals surface area contributed by atoms with Crippen LogP contribution in [-0.4, -0.2) is 71.3 Å². The summed E-state index contributed by atoms with van der Waals surface area (Å²) in [6, 6.07) is 0. The molecule has 0 radical (unpaired) electrons. The summed E-state index contributed by atoms with van der Waals surface area (Å²) in [5, 5.41) is 0. The van der Waals surface area contributed by atoms with Gasteiger partial charge in [-0.05, 0) is 12.8 Å². The molecule has 0 saturated carbocycles. The minimum Gasteiger partial charge on any atom is -0.756 e. The average Bonchev–Trinajstić information content (AvgIpc) is 2.87. The normalized spacial score (nSPS) is 14.5. The van der Waals surface area contributed by atoms with E-state index in [1.165, 1.54) is 96.3 Å². The molecule has 236 valence electrons. The van der Waals surface area contributed by atoms with E-state index in [2.05, 4.69) is 13.8 Å². The van der Waals surface area contributed by atoms with Crippen molar-refractivity contribution in [2.75, 3.05) is 60.7 Å². The van der Waals surface area contributed by atoms with Gasteiger partial charge in [-0.2, -0.15) is 0 Å². The molecule has 7 nitrogen and oxygen atoms in total. The van der Waals surface area contributed by atoms with Gasteiger partial charge in [-0.15, -0.1) is 0 Å². The summed E-state index contributed by atoms with van der Waals surface area (Å²) in [6.07, 6.45) is 24.3. The zero-order valence-electron chi connectivity index (χ0n) is 26.6. The van der Waals surface area contributed by atoms with Gasteiger partial charge in [0.2, 0.25) is 0 Å². The van der Waals surface area contributed by atoms with Crippen LogP contribution in [0.5, 0.6) is 0 Å². The molecule has 0 aromatic carbocycles. The van der Waals surface area contributed by atoms with Crippen LogP contribution in [0.2, 0.25) is 0 Å². The van der Waals surface area contributed by atoms with Crippen molar-refractivity contribution in [1.82, 2.24) is 0 Å². The van der Waals surface area contributed by atoms with E-state index in [9.17, 15) is 9.46 Å². The SMILES string of the molecule is CCCCCCCCCCCCCCCCCCOC[C@H](COP(=O)([O-])OCC[N+](C)(C)C)OCCCCC. The quantitative estimate of drug-likeness (QED) is 0.0470. The zero-order valence-corrected chi connectivity index (χ0v) is 27.5. The molecule has 1 unspecified atom stereocenters. The Morgan fingerprint density at radius 1 is 0.590 bits per heavy atom. The Labute approximate surface area is 242 Å². The van der Waals surface area contributed by atoms with Gasteiger partial charge in [0.1, 0.15) is 19.3 Å². The summed E-state index contributed by atoms with van der Waals surface area (Å²) >= 11 is 0. The van der Waals surface area contributed by atoms with E-state index < -0.39 is 13.9 Å². The molecule has 0 rings (SSSR count). The molecule has 2 atom stereocenters. The lowest BCUT2D eigenvalue weighted by atomic mass is 10.0. The van der Waals surface area contributed by atoms with Gasteiger partial charge in [0.05, 0.1) is 34.4 Å². The van der Waals surface area contributed by atoms with Gasteiger partial charge in [-0.1, -0.05) is 123 Å². The van der Waals surface area contributed by atoms with Gasteiger partial charge in [0.15, 0.2) is 0 Å². The zero-order chi connectivity index (χ0) is 29.1. The number of quaternary nitrogens is 1. The van der Waals surface area contributed by atoms with Gasteiger partial charge < -0.3 is 27.9 Å². The molecule has 0 aromatic rings. The van der Waals surface area contributed by atoms with Crippen LogP contribution in [0.4, 0.5) is 0 Å². The lowest BCUT2D eigenvalue weighted by Crippen LogP contribution is -2.37. The molecule has 0 bridgehead atoms.